The number of aliphatic hydroxyl groups is 2. The number of methoxy groups -OCH3 is 1. The molecule has 0 bridgehead atoms. The molecule has 0 fully saturated rings. The number of hydrogen-bond acceptors (Lipinski definition) is 13. The molecule has 4 unspecified atom stereocenters. The Bertz CT molecular complexity index is 1520. The van der Waals surface area contributed by atoms with Crippen LogP contribution in [0.3, 0.4) is 0 Å². The number of phenols is 4. The van der Waals surface area contributed by atoms with Crippen LogP contribution in [0, 0.1) is 0 Å². The summed E-state index contributed by atoms with van der Waals surface area (Å²) in [6.07, 6.45) is -1.03. The van der Waals surface area contributed by atoms with Gasteiger partial charge in [-0.15, -0.1) is 0 Å². The number of carbonyl (C=O) groups excluding carboxylic acids is 1. The third kappa shape index (κ3) is 13.0. The number of unbranched alkanes of at least 4 members (excludes halogenated alkanes) is 2. The van der Waals surface area contributed by atoms with Gasteiger partial charge in [0.1, 0.15) is 18.4 Å². The van der Waals surface area contributed by atoms with Gasteiger partial charge in [0, 0.05) is 43.2 Å². The van der Waals surface area contributed by atoms with Crippen molar-refractivity contribution in [3.05, 3.63) is 47.5 Å². The number of carbonyl (C=O) groups is 1. The molecule has 0 aromatic heterocycles. The molecule has 2 aromatic carbocycles. The number of aromatic hydroxyl groups is 4. The van der Waals surface area contributed by atoms with E-state index in [1.165, 1.54) is 57.4 Å². The Morgan fingerprint density at radius 1 is 0.769 bits per heavy atom. The molecular formula is C33H54N2O15P2. The Morgan fingerprint density at radius 2 is 1.33 bits per heavy atom. The minimum atomic E-state index is -5.05. The SMILES string of the molecule is COCCOCCC(=O)CCCCCC(CO)(C(CO)N(CP(=O)(O)O)C(C)c1cccc(O)c1O)N(CP(=O)(O)O)C(C)c1cccc(O)c1O. The van der Waals surface area contributed by atoms with E-state index in [0.29, 0.717) is 26.1 Å². The summed E-state index contributed by atoms with van der Waals surface area (Å²) in [5.41, 5.74) is -1.98. The lowest BCUT2D eigenvalue weighted by molar-refractivity contribution is -0.120. The number of ether oxygens (including phenoxy) is 2. The zero-order valence-electron chi connectivity index (χ0n) is 29.7. The molecule has 296 valence electrons. The van der Waals surface area contributed by atoms with E-state index in [9.17, 15) is 64.1 Å². The van der Waals surface area contributed by atoms with Gasteiger partial charge in [-0.25, -0.2) is 0 Å². The minimum Gasteiger partial charge on any atom is -0.504 e. The van der Waals surface area contributed by atoms with E-state index in [0.717, 1.165) is 9.80 Å². The predicted molar refractivity (Wildman–Crippen MR) is 190 cm³/mol. The number of Topliss-reactive ketones (excluding diaryl/α,β-unsaturated/α-hetero) is 1. The Kier molecular flexibility index (Phi) is 18.1. The molecule has 2 aromatic rings. The summed E-state index contributed by atoms with van der Waals surface area (Å²) in [5.74, 6) is -2.38. The minimum absolute atomic E-state index is 0.0105. The van der Waals surface area contributed by atoms with Gasteiger partial charge in [-0.2, -0.15) is 0 Å². The summed E-state index contributed by atoms with van der Waals surface area (Å²) >= 11 is 0. The highest BCUT2D eigenvalue weighted by Gasteiger charge is 2.51. The van der Waals surface area contributed by atoms with Crippen molar-refractivity contribution in [3.8, 4) is 23.0 Å². The molecule has 17 nitrogen and oxygen atoms in total. The van der Waals surface area contributed by atoms with Crippen LogP contribution in [0.15, 0.2) is 36.4 Å². The number of nitrogens with zero attached hydrogens (tertiary/aromatic N) is 2. The standard InChI is InChI=1S/C33H54N2O15P2/c1-23(26-10-7-12-28(39)31(26)41)34(21-51(43,44)45)30(19-36)33(20-37,15-6-4-5-9-25(38)14-16-50-18-17-49-3)35(22-52(46,47)48)24(2)27-11-8-13-29(40)32(27)42/h7-8,10-13,23-24,30,36-37,39-42H,4-6,9,14-22H2,1-3H3,(H2,43,44,45)(H2,46,47,48). The summed E-state index contributed by atoms with van der Waals surface area (Å²) in [7, 11) is -8.53. The second-order valence-electron chi connectivity index (χ2n) is 12.8. The van der Waals surface area contributed by atoms with Crippen molar-refractivity contribution >= 4 is 21.0 Å². The van der Waals surface area contributed by atoms with Crippen molar-refractivity contribution in [1.82, 2.24) is 9.80 Å². The molecule has 4 atom stereocenters. The van der Waals surface area contributed by atoms with Crippen molar-refractivity contribution in [1.29, 1.82) is 0 Å². The number of benzene rings is 2. The van der Waals surface area contributed by atoms with E-state index in [4.69, 9.17) is 9.47 Å². The van der Waals surface area contributed by atoms with Gasteiger partial charge in [0.05, 0.1) is 44.6 Å². The van der Waals surface area contributed by atoms with Crippen molar-refractivity contribution in [2.45, 2.75) is 76.0 Å². The van der Waals surface area contributed by atoms with E-state index >= 15 is 0 Å². The van der Waals surface area contributed by atoms with Crippen LogP contribution in [0.25, 0.3) is 0 Å². The summed E-state index contributed by atoms with van der Waals surface area (Å²) < 4.78 is 35.7. The number of ketones is 1. The van der Waals surface area contributed by atoms with Crippen LogP contribution in [-0.2, 0) is 23.4 Å². The van der Waals surface area contributed by atoms with Crippen LogP contribution >= 0.6 is 15.2 Å². The lowest BCUT2D eigenvalue weighted by Crippen LogP contribution is -2.66. The second kappa shape index (κ2) is 20.7. The lowest BCUT2D eigenvalue weighted by atomic mass is 9.80. The summed E-state index contributed by atoms with van der Waals surface area (Å²) in [6, 6.07) is 3.96. The molecule has 0 spiro atoms. The molecular weight excluding hydrogens is 726 g/mol. The number of phenolic OH excluding ortho intramolecular Hbond substituents is 4. The molecule has 0 saturated heterocycles. The highest BCUT2D eigenvalue weighted by atomic mass is 31.2. The summed E-state index contributed by atoms with van der Waals surface area (Å²) in [5, 5.41) is 64.5. The van der Waals surface area contributed by atoms with Gasteiger partial charge in [0.25, 0.3) is 0 Å². The summed E-state index contributed by atoms with van der Waals surface area (Å²) in [6.45, 7) is 1.92. The Morgan fingerprint density at radius 3 is 1.83 bits per heavy atom. The van der Waals surface area contributed by atoms with E-state index in [1.807, 2.05) is 0 Å². The number of aliphatic hydroxyl groups excluding tert-OH is 2. The summed E-state index contributed by atoms with van der Waals surface area (Å²) in [4.78, 5) is 55.9. The first-order valence-corrected chi connectivity index (χ1v) is 20.4. The molecule has 0 saturated carbocycles. The fourth-order valence-electron chi connectivity index (χ4n) is 6.51. The smallest absolute Gasteiger partial charge is 0.339 e. The predicted octanol–water partition coefficient (Wildman–Crippen LogP) is 2.87. The first-order chi connectivity index (χ1) is 24.3. The molecule has 0 aliphatic heterocycles. The topological polar surface area (TPSA) is 278 Å². The molecule has 10 N–H and O–H groups in total. The molecule has 19 heteroatoms. The van der Waals surface area contributed by atoms with E-state index in [1.54, 1.807) is 0 Å². The first kappa shape index (κ1) is 45.5. The van der Waals surface area contributed by atoms with E-state index < -0.39 is 87.6 Å². The molecule has 2 rings (SSSR count). The molecule has 0 amide bonds. The molecule has 0 aliphatic rings. The molecule has 52 heavy (non-hydrogen) atoms. The van der Waals surface area contributed by atoms with Crippen molar-refractivity contribution < 1.29 is 73.6 Å². The zero-order chi connectivity index (χ0) is 39.3. The average Bonchev–Trinajstić information content (AvgIpc) is 3.07. The monoisotopic (exact) mass is 780 g/mol. The highest BCUT2D eigenvalue weighted by molar-refractivity contribution is 7.51. The Balaban J connectivity index is 2.69. The molecule has 0 aliphatic carbocycles. The van der Waals surface area contributed by atoms with Crippen LogP contribution in [0.1, 0.15) is 75.6 Å². The third-order valence-electron chi connectivity index (χ3n) is 9.20. The van der Waals surface area contributed by atoms with Crippen molar-refractivity contribution in [3.63, 3.8) is 0 Å². The normalized spacial score (nSPS) is 15.4. The van der Waals surface area contributed by atoms with Crippen LogP contribution < -0.4 is 0 Å². The number of para-hydroxylation sites is 2. The van der Waals surface area contributed by atoms with E-state index in [2.05, 4.69) is 0 Å². The molecule has 0 radical (unpaired) electrons. The van der Waals surface area contributed by atoms with Gasteiger partial charge in [-0.1, -0.05) is 37.1 Å². The largest absolute Gasteiger partial charge is 0.504 e. The second-order valence-corrected chi connectivity index (χ2v) is 16.0. The zero-order valence-corrected chi connectivity index (χ0v) is 31.5. The van der Waals surface area contributed by atoms with Gasteiger partial charge < -0.3 is 59.7 Å². The van der Waals surface area contributed by atoms with Gasteiger partial charge in [0.15, 0.2) is 23.0 Å². The fraction of sp³-hybridized carbons (Fsp3) is 0.606. The number of rotatable bonds is 25. The van der Waals surface area contributed by atoms with Crippen LogP contribution in [0.2, 0.25) is 0 Å². The van der Waals surface area contributed by atoms with Crippen LogP contribution in [0.5, 0.6) is 23.0 Å². The quantitative estimate of drug-likeness (QED) is 0.0394. The van der Waals surface area contributed by atoms with Gasteiger partial charge in [-0.3, -0.25) is 23.7 Å². The first-order valence-electron chi connectivity index (χ1n) is 16.8. The molecule has 0 heterocycles. The van der Waals surface area contributed by atoms with Gasteiger partial charge >= 0.3 is 15.2 Å². The third-order valence-corrected chi connectivity index (χ3v) is 10.6. The fourth-order valence-corrected chi connectivity index (χ4v) is 8.31. The average molecular weight is 781 g/mol. The van der Waals surface area contributed by atoms with Crippen molar-refractivity contribution in [2.75, 3.05) is 52.7 Å². The lowest BCUT2D eigenvalue weighted by Gasteiger charge is -2.54. The maximum atomic E-state index is 12.8. The van der Waals surface area contributed by atoms with E-state index in [-0.39, 0.29) is 49.2 Å². The van der Waals surface area contributed by atoms with Gasteiger partial charge in [-0.05, 0) is 38.8 Å². The van der Waals surface area contributed by atoms with Crippen molar-refractivity contribution in [2.24, 2.45) is 0 Å². The van der Waals surface area contributed by atoms with Crippen LogP contribution in [-0.4, -0.2) is 130 Å². The highest BCUT2D eigenvalue weighted by Crippen LogP contribution is 2.50. The Labute approximate surface area is 303 Å². The maximum absolute atomic E-state index is 12.8. The van der Waals surface area contributed by atoms with Gasteiger partial charge in [0.2, 0.25) is 0 Å². The Hall–Kier alpha value is -2.63. The number of hydrogen-bond donors (Lipinski definition) is 10. The maximum Gasteiger partial charge on any atom is 0.339 e. The van der Waals surface area contributed by atoms with Crippen LogP contribution in [0.4, 0.5) is 0 Å².